The average molecular weight is 283 g/mol. The molecule has 2 rings (SSSR count). The fourth-order valence-corrected chi connectivity index (χ4v) is 2.79. The Morgan fingerprint density at radius 3 is 2.74 bits per heavy atom. The van der Waals surface area contributed by atoms with Crippen molar-refractivity contribution in [2.24, 2.45) is 5.73 Å². The van der Waals surface area contributed by atoms with Crippen LogP contribution in [0, 0.1) is 0 Å². The van der Waals surface area contributed by atoms with E-state index < -0.39 is 0 Å². The summed E-state index contributed by atoms with van der Waals surface area (Å²) >= 11 is 6.05. The van der Waals surface area contributed by atoms with Gasteiger partial charge < -0.3 is 10.5 Å². The standard InChI is InChI=1S/C15H23ClN2O/c1-12(13-4-3-5-14(16)10-13)18(2)11-15(17)6-8-19-9-7-15/h3-5,10,12H,6-9,11,17H2,1-2H3. The number of hydrogen-bond donors (Lipinski definition) is 1. The number of hydrogen-bond acceptors (Lipinski definition) is 3. The Hall–Kier alpha value is -0.610. The van der Waals surface area contributed by atoms with Crippen molar-refractivity contribution in [3.8, 4) is 0 Å². The van der Waals surface area contributed by atoms with Gasteiger partial charge in [0.2, 0.25) is 0 Å². The molecule has 0 radical (unpaired) electrons. The molecule has 1 aliphatic rings. The van der Waals surface area contributed by atoms with Gasteiger partial charge in [0.1, 0.15) is 0 Å². The molecule has 0 aromatic heterocycles. The third kappa shape index (κ3) is 3.93. The summed E-state index contributed by atoms with van der Waals surface area (Å²) in [5.74, 6) is 0. The van der Waals surface area contributed by atoms with Gasteiger partial charge in [0.15, 0.2) is 0 Å². The van der Waals surface area contributed by atoms with Crippen molar-refractivity contribution in [3.63, 3.8) is 0 Å². The largest absolute Gasteiger partial charge is 0.381 e. The number of nitrogens with zero attached hydrogens (tertiary/aromatic N) is 1. The van der Waals surface area contributed by atoms with E-state index in [1.165, 1.54) is 5.56 Å². The molecule has 1 aromatic carbocycles. The molecule has 1 atom stereocenters. The lowest BCUT2D eigenvalue weighted by atomic mass is 9.90. The van der Waals surface area contributed by atoms with Gasteiger partial charge in [0, 0.05) is 36.4 Å². The molecule has 19 heavy (non-hydrogen) atoms. The molecule has 1 aromatic rings. The molecule has 3 nitrogen and oxygen atoms in total. The van der Waals surface area contributed by atoms with Gasteiger partial charge in [0.05, 0.1) is 0 Å². The van der Waals surface area contributed by atoms with Gasteiger partial charge in [0.25, 0.3) is 0 Å². The highest BCUT2D eigenvalue weighted by molar-refractivity contribution is 6.30. The minimum atomic E-state index is -0.125. The first-order valence-corrected chi connectivity index (χ1v) is 7.20. The molecule has 1 unspecified atom stereocenters. The van der Waals surface area contributed by atoms with E-state index in [1.807, 2.05) is 18.2 Å². The highest BCUT2D eigenvalue weighted by Crippen LogP contribution is 2.25. The lowest BCUT2D eigenvalue weighted by molar-refractivity contribution is 0.0364. The third-order valence-electron chi connectivity index (χ3n) is 4.05. The van der Waals surface area contributed by atoms with Crippen LogP contribution in [0.4, 0.5) is 0 Å². The van der Waals surface area contributed by atoms with E-state index in [0.717, 1.165) is 37.6 Å². The van der Waals surface area contributed by atoms with Crippen molar-refractivity contribution < 1.29 is 4.74 Å². The maximum absolute atomic E-state index is 6.46. The fourth-order valence-electron chi connectivity index (χ4n) is 2.59. The summed E-state index contributed by atoms with van der Waals surface area (Å²) in [5.41, 5.74) is 7.56. The molecular weight excluding hydrogens is 260 g/mol. The number of halogens is 1. The zero-order valence-electron chi connectivity index (χ0n) is 11.7. The van der Waals surface area contributed by atoms with Crippen molar-refractivity contribution in [3.05, 3.63) is 34.9 Å². The van der Waals surface area contributed by atoms with Crippen LogP contribution in [0.5, 0.6) is 0 Å². The molecule has 1 saturated heterocycles. The van der Waals surface area contributed by atoms with Crippen molar-refractivity contribution >= 4 is 11.6 Å². The van der Waals surface area contributed by atoms with Crippen molar-refractivity contribution in [2.45, 2.75) is 31.3 Å². The van der Waals surface area contributed by atoms with Crippen LogP contribution in [0.1, 0.15) is 31.4 Å². The van der Waals surface area contributed by atoms with Crippen molar-refractivity contribution in [1.82, 2.24) is 4.90 Å². The van der Waals surface area contributed by atoms with Crippen molar-refractivity contribution in [2.75, 3.05) is 26.8 Å². The molecule has 0 bridgehead atoms. The van der Waals surface area contributed by atoms with E-state index in [4.69, 9.17) is 22.1 Å². The summed E-state index contributed by atoms with van der Waals surface area (Å²) < 4.78 is 5.39. The molecule has 0 amide bonds. The van der Waals surface area contributed by atoms with E-state index in [-0.39, 0.29) is 5.54 Å². The molecule has 1 heterocycles. The molecule has 0 aliphatic carbocycles. The first-order valence-electron chi connectivity index (χ1n) is 6.82. The molecular formula is C15H23ClN2O. The predicted octanol–water partition coefficient (Wildman–Crippen LogP) is 2.84. The van der Waals surface area contributed by atoms with Crippen LogP contribution in [0.15, 0.2) is 24.3 Å². The average Bonchev–Trinajstić information content (AvgIpc) is 2.38. The summed E-state index contributed by atoms with van der Waals surface area (Å²) in [7, 11) is 2.12. The number of benzene rings is 1. The SMILES string of the molecule is CC(c1cccc(Cl)c1)N(C)CC1(N)CCOCC1. The van der Waals surface area contributed by atoms with Gasteiger partial charge in [-0.25, -0.2) is 0 Å². The van der Waals surface area contributed by atoms with E-state index in [2.05, 4.69) is 24.9 Å². The Bertz CT molecular complexity index is 418. The molecule has 0 saturated carbocycles. The maximum Gasteiger partial charge on any atom is 0.0484 e. The summed E-state index contributed by atoms with van der Waals surface area (Å²) in [5, 5.41) is 0.784. The number of nitrogens with two attached hydrogens (primary N) is 1. The highest BCUT2D eigenvalue weighted by atomic mass is 35.5. The molecule has 1 fully saturated rings. The normalized spacial score (nSPS) is 20.5. The first-order chi connectivity index (χ1) is 9.00. The Kier molecular flexibility index (Phi) is 4.85. The predicted molar refractivity (Wildman–Crippen MR) is 79.5 cm³/mol. The minimum Gasteiger partial charge on any atom is -0.381 e. The van der Waals surface area contributed by atoms with Crippen LogP contribution in [0.3, 0.4) is 0 Å². The minimum absolute atomic E-state index is 0.125. The van der Waals surface area contributed by atoms with Gasteiger partial charge in [-0.1, -0.05) is 23.7 Å². The number of rotatable bonds is 4. The third-order valence-corrected chi connectivity index (χ3v) is 4.28. The summed E-state index contributed by atoms with van der Waals surface area (Å²) in [6.45, 7) is 4.62. The molecule has 0 spiro atoms. The van der Waals surface area contributed by atoms with Gasteiger partial charge >= 0.3 is 0 Å². The lowest BCUT2D eigenvalue weighted by Gasteiger charge is -2.38. The maximum atomic E-state index is 6.46. The Morgan fingerprint density at radius 2 is 2.11 bits per heavy atom. The lowest BCUT2D eigenvalue weighted by Crippen LogP contribution is -2.53. The van der Waals surface area contributed by atoms with Gasteiger partial charge in [-0.15, -0.1) is 0 Å². The second-order valence-electron chi connectivity index (χ2n) is 5.62. The summed E-state index contributed by atoms with van der Waals surface area (Å²) in [6, 6.07) is 8.34. The molecule has 1 aliphatic heterocycles. The summed E-state index contributed by atoms with van der Waals surface area (Å²) in [6.07, 6.45) is 1.86. The van der Waals surface area contributed by atoms with Gasteiger partial charge in [-0.3, -0.25) is 4.90 Å². The Balaban J connectivity index is 2.00. The highest BCUT2D eigenvalue weighted by Gasteiger charge is 2.30. The Morgan fingerprint density at radius 1 is 1.42 bits per heavy atom. The molecule has 4 heteroatoms. The van der Waals surface area contributed by atoms with Crippen LogP contribution in [0.2, 0.25) is 5.02 Å². The van der Waals surface area contributed by atoms with Gasteiger partial charge in [-0.2, -0.15) is 0 Å². The topological polar surface area (TPSA) is 38.5 Å². The second kappa shape index (κ2) is 6.23. The van der Waals surface area contributed by atoms with Crippen LogP contribution >= 0.6 is 11.6 Å². The van der Waals surface area contributed by atoms with Crippen molar-refractivity contribution in [1.29, 1.82) is 0 Å². The zero-order chi connectivity index (χ0) is 13.9. The van der Waals surface area contributed by atoms with E-state index in [0.29, 0.717) is 6.04 Å². The van der Waals surface area contributed by atoms with Gasteiger partial charge in [-0.05, 0) is 44.5 Å². The van der Waals surface area contributed by atoms with Crippen LogP contribution in [0.25, 0.3) is 0 Å². The fraction of sp³-hybridized carbons (Fsp3) is 0.600. The van der Waals surface area contributed by atoms with E-state index >= 15 is 0 Å². The van der Waals surface area contributed by atoms with Crippen LogP contribution in [-0.4, -0.2) is 37.2 Å². The van der Waals surface area contributed by atoms with Crippen LogP contribution in [-0.2, 0) is 4.74 Å². The monoisotopic (exact) mass is 282 g/mol. The van der Waals surface area contributed by atoms with Crippen LogP contribution < -0.4 is 5.73 Å². The zero-order valence-corrected chi connectivity index (χ0v) is 12.5. The smallest absolute Gasteiger partial charge is 0.0484 e. The molecule has 106 valence electrons. The summed E-state index contributed by atoms with van der Waals surface area (Å²) in [4.78, 5) is 2.30. The van der Waals surface area contributed by atoms with E-state index in [1.54, 1.807) is 0 Å². The Labute approximate surface area is 120 Å². The number of ether oxygens (including phenoxy) is 1. The quantitative estimate of drug-likeness (QED) is 0.923. The second-order valence-corrected chi connectivity index (χ2v) is 6.06. The van der Waals surface area contributed by atoms with E-state index in [9.17, 15) is 0 Å². The molecule has 2 N–H and O–H groups in total. The number of likely N-dealkylation sites (N-methyl/N-ethyl adjacent to an activating group) is 1. The first kappa shape index (κ1) is 14.8.